The lowest BCUT2D eigenvalue weighted by Crippen LogP contribution is -2.01. The van der Waals surface area contributed by atoms with Crippen LogP contribution in [0, 0.1) is 6.92 Å². The molecule has 5 heteroatoms. The minimum atomic E-state index is -0.698. The van der Waals surface area contributed by atoms with Gasteiger partial charge in [-0.2, -0.15) is 0 Å². The standard InChI is InChI=1S/C15H15ClO3S/c1-9-11(3-6-20-9)14(17)10-7-12(16)15-13(8-10)18-4-2-5-19-15/h3,6-8,14,17H,2,4-5H2,1H3. The monoisotopic (exact) mass is 310 g/mol. The molecule has 0 fully saturated rings. The van der Waals surface area contributed by atoms with E-state index in [1.165, 1.54) is 0 Å². The molecule has 1 aromatic carbocycles. The zero-order chi connectivity index (χ0) is 14.1. The van der Waals surface area contributed by atoms with E-state index in [9.17, 15) is 5.11 Å². The van der Waals surface area contributed by atoms with Gasteiger partial charge >= 0.3 is 0 Å². The highest BCUT2D eigenvalue weighted by Gasteiger charge is 2.20. The minimum Gasteiger partial charge on any atom is -0.489 e. The van der Waals surface area contributed by atoms with E-state index in [0.29, 0.717) is 29.7 Å². The summed E-state index contributed by atoms with van der Waals surface area (Å²) in [5.74, 6) is 1.18. The molecule has 1 aromatic heterocycles. The van der Waals surface area contributed by atoms with Gasteiger partial charge in [-0.05, 0) is 41.6 Å². The summed E-state index contributed by atoms with van der Waals surface area (Å²) in [7, 11) is 0. The maximum Gasteiger partial charge on any atom is 0.179 e. The predicted octanol–water partition coefficient (Wildman–Crippen LogP) is 3.95. The maximum atomic E-state index is 10.5. The number of hydrogen-bond donors (Lipinski definition) is 1. The molecule has 1 aliphatic heterocycles. The molecular formula is C15H15ClO3S. The van der Waals surface area contributed by atoms with E-state index in [0.717, 1.165) is 22.4 Å². The van der Waals surface area contributed by atoms with E-state index in [1.807, 2.05) is 24.4 Å². The molecule has 3 nitrogen and oxygen atoms in total. The van der Waals surface area contributed by atoms with Gasteiger partial charge in [0, 0.05) is 11.3 Å². The Kier molecular flexibility index (Phi) is 3.87. The summed E-state index contributed by atoms with van der Waals surface area (Å²) < 4.78 is 11.2. The van der Waals surface area contributed by atoms with Gasteiger partial charge in [0.05, 0.1) is 18.2 Å². The Hall–Kier alpha value is -1.23. The van der Waals surface area contributed by atoms with Gasteiger partial charge in [-0.25, -0.2) is 0 Å². The van der Waals surface area contributed by atoms with Crippen molar-refractivity contribution < 1.29 is 14.6 Å². The second-order valence-corrected chi connectivity index (χ2v) is 6.24. The van der Waals surface area contributed by atoms with Gasteiger partial charge in [-0.1, -0.05) is 11.6 Å². The fourth-order valence-corrected chi connectivity index (χ4v) is 3.27. The topological polar surface area (TPSA) is 38.7 Å². The number of halogens is 1. The molecule has 0 saturated carbocycles. The van der Waals surface area contributed by atoms with E-state index in [2.05, 4.69) is 0 Å². The number of thiophene rings is 1. The molecule has 0 amide bonds. The lowest BCUT2D eigenvalue weighted by Gasteiger charge is -2.15. The summed E-state index contributed by atoms with van der Waals surface area (Å²) in [6.07, 6.45) is 0.128. The molecule has 3 rings (SSSR count). The van der Waals surface area contributed by atoms with Crippen LogP contribution < -0.4 is 9.47 Å². The van der Waals surface area contributed by atoms with Crippen LogP contribution in [-0.2, 0) is 0 Å². The molecule has 0 aliphatic carbocycles. The van der Waals surface area contributed by atoms with Crippen molar-refractivity contribution in [3.63, 3.8) is 0 Å². The van der Waals surface area contributed by atoms with Crippen LogP contribution in [0.25, 0.3) is 0 Å². The van der Waals surface area contributed by atoms with E-state index in [-0.39, 0.29) is 0 Å². The van der Waals surface area contributed by atoms with Gasteiger partial charge in [-0.15, -0.1) is 11.3 Å². The number of benzene rings is 1. The highest BCUT2D eigenvalue weighted by molar-refractivity contribution is 7.10. The first-order valence-electron chi connectivity index (χ1n) is 6.48. The van der Waals surface area contributed by atoms with Crippen molar-refractivity contribution in [1.82, 2.24) is 0 Å². The number of aryl methyl sites for hydroxylation is 1. The Balaban J connectivity index is 2.01. The molecule has 2 heterocycles. The third-order valence-corrected chi connectivity index (χ3v) is 4.48. The molecule has 1 unspecified atom stereocenters. The zero-order valence-corrected chi connectivity index (χ0v) is 12.6. The van der Waals surface area contributed by atoms with E-state index in [4.69, 9.17) is 21.1 Å². The fourth-order valence-electron chi connectivity index (χ4n) is 2.27. The van der Waals surface area contributed by atoms with Gasteiger partial charge in [0.1, 0.15) is 6.10 Å². The Bertz CT molecular complexity index is 624. The second-order valence-electron chi connectivity index (χ2n) is 4.72. The van der Waals surface area contributed by atoms with Crippen molar-refractivity contribution >= 4 is 22.9 Å². The molecule has 0 saturated heterocycles. The SMILES string of the molecule is Cc1sccc1C(O)c1cc(Cl)c2c(c1)OCCCO2. The second kappa shape index (κ2) is 5.64. The van der Waals surface area contributed by atoms with E-state index in [1.54, 1.807) is 17.4 Å². The summed E-state index contributed by atoms with van der Waals surface area (Å²) >= 11 is 7.87. The third kappa shape index (κ3) is 2.51. The molecule has 0 spiro atoms. The van der Waals surface area contributed by atoms with E-state index >= 15 is 0 Å². The van der Waals surface area contributed by atoms with Crippen molar-refractivity contribution in [3.8, 4) is 11.5 Å². The molecule has 0 bridgehead atoms. The molecule has 106 valence electrons. The van der Waals surface area contributed by atoms with E-state index < -0.39 is 6.10 Å². The first-order chi connectivity index (χ1) is 9.66. The normalized spacial score (nSPS) is 15.8. The highest BCUT2D eigenvalue weighted by Crippen LogP contribution is 2.41. The molecule has 1 N–H and O–H groups in total. The highest BCUT2D eigenvalue weighted by atomic mass is 35.5. The molecule has 20 heavy (non-hydrogen) atoms. The lowest BCUT2D eigenvalue weighted by atomic mass is 10.0. The van der Waals surface area contributed by atoms with Gasteiger partial charge in [0.2, 0.25) is 0 Å². The van der Waals surface area contributed by atoms with Gasteiger partial charge < -0.3 is 14.6 Å². The third-order valence-electron chi connectivity index (χ3n) is 3.33. The molecule has 1 aliphatic rings. The fraction of sp³-hybridized carbons (Fsp3) is 0.333. The van der Waals surface area contributed by atoms with Crippen LogP contribution in [0.1, 0.15) is 28.5 Å². The first kappa shape index (κ1) is 13.7. The number of rotatable bonds is 2. The van der Waals surface area contributed by atoms with Crippen molar-refractivity contribution in [3.05, 3.63) is 44.6 Å². The predicted molar refractivity (Wildman–Crippen MR) is 80.2 cm³/mol. The van der Waals surface area contributed by atoms with Crippen molar-refractivity contribution in [1.29, 1.82) is 0 Å². The first-order valence-corrected chi connectivity index (χ1v) is 7.73. The Morgan fingerprint density at radius 1 is 1.30 bits per heavy atom. The van der Waals surface area contributed by atoms with Gasteiger partial charge in [0.25, 0.3) is 0 Å². The van der Waals surface area contributed by atoms with Crippen LogP contribution >= 0.6 is 22.9 Å². The lowest BCUT2D eigenvalue weighted by molar-refractivity contribution is 0.219. The van der Waals surface area contributed by atoms with Crippen molar-refractivity contribution in [2.24, 2.45) is 0 Å². The number of aliphatic hydroxyl groups excluding tert-OH is 1. The maximum absolute atomic E-state index is 10.5. The van der Waals surface area contributed by atoms with Crippen molar-refractivity contribution in [2.45, 2.75) is 19.4 Å². The largest absolute Gasteiger partial charge is 0.489 e. The molecule has 1 atom stereocenters. The number of fused-ring (bicyclic) bond motifs is 1. The van der Waals surface area contributed by atoms with Crippen LogP contribution in [0.4, 0.5) is 0 Å². The average Bonchev–Trinajstić information content (AvgIpc) is 2.72. The summed E-state index contributed by atoms with van der Waals surface area (Å²) in [6.45, 7) is 3.19. The van der Waals surface area contributed by atoms with Crippen LogP contribution in [0.3, 0.4) is 0 Å². The summed E-state index contributed by atoms with van der Waals surface area (Å²) in [6, 6.07) is 5.49. The number of ether oxygens (including phenoxy) is 2. The van der Waals surface area contributed by atoms with Gasteiger partial charge in [-0.3, -0.25) is 0 Å². The summed E-state index contributed by atoms with van der Waals surface area (Å²) in [5, 5.41) is 13.0. The summed E-state index contributed by atoms with van der Waals surface area (Å²) in [5.41, 5.74) is 1.63. The molecular weight excluding hydrogens is 296 g/mol. The van der Waals surface area contributed by atoms with Crippen LogP contribution in [0.15, 0.2) is 23.6 Å². The van der Waals surface area contributed by atoms with Gasteiger partial charge in [0.15, 0.2) is 11.5 Å². The quantitative estimate of drug-likeness (QED) is 0.912. The average molecular weight is 311 g/mol. The zero-order valence-electron chi connectivity index (χ0n) is 11.1. The number of hydrogen-bond acceptors (Lipinski definition) is 4. The summed E-state index contributed by atoms with van der Waals surface area (Å²) in [4.78, 5) is 1.10. The van der Waals surface area contributed by atoms with Crippen LogP contribution in [-0.4, -0.2) is 18.3 Å². The van der Waals surface area contributed by atoms with Crippen LogP contribution in [0.5, 0.6) is 11.5 Å². The smallest absolute Gasteiger partial charge is 0.179 e. The van der Waals surface area contributed by atoms with Crippen molar-refractivity contribution in [2.75, 3.05) is 13.2 Å². The Morgan fingerprint density at radius 3 is 2.85 bits per heavy atom. The number of aliphatic hydroxyl groups is 1. The molecule has 0 radical (unpaired) electrons. The Morgan fingerprint density at radius 2 is 2.10 bits per heavy atom. The molecule has 2 aromatic rings. The van der Waals surface area contributed by atoms with Crippen LogP contribution in [0.2, 0.25) is 5.02 Å². The minimum absolute atomic E-state index is 0.478. The Labute approximate surface area is 126 Å².